The smallest absolute Gasteiger partial charge is 0.144 e. The molecule has 1 aliphatic rings. The number of rotatable bonds is 3. The zero-order chi connectivity index (χ0) is 11.4. The fraction of sp³-hybridized carbons (Fsp3) is 0.583. The summed E-state index contributed by atoms with van der Waals surface area (Å²) in [5.41, 5.74) is 3.84. The Morgan fingerprint density at radius 2 is 2.44 bits per heavy atom. The van der Waals surface area contributed by atoms with Crippen LogP contribution in [0.25, 0.3) is 0 Å². The van der Waals surface area contributed by atoms with Crippen molar-refractivity contribution in [1.82, 2.24) is 9.88 Å². The van der Waals surface area contributed by atoms with Gasteiger partial charge in [-0.1, -0.05) is 12.5 Å². The summed E-state index contributed by atoms with van der Waals surface area (Å²) in [4.78, 5) is 6.73. The number of hydrogen-bond donors (Lipinski definition) is 2. The molecule has 0 spiro atoms. The first-order valence-corrected chi connectivity index (χ1v) is 5.96. The largest absolute Gasteiger partial charge is 0.308 e. The normalized spacial score (nSPS) is 22.0. The predicted molar refractivity (Wildman–Crippen MR) is 65.8 cm³/mol. The quantitative estimate of drug-likeness (QED) is 0.602. The first kappa shape index (κ1) is 11.4. The Morgan fingerprint density at radius 3 is 3.19 bits per heavy atom. The second kappa shape index (κ2) is 5.27. The first-order valence-electron chi connectivity index (χ1n) is 5.96. The molecule has 1 saturated heterocycles. The van der Waals surface area contributed by atoms with Crippen molar-refractivity contribution in [2.75, 3.05) is 12.0 Å². The number of pyridine rings is 1. The van der Waals surface area contributed by atoms with Crippen molar-refractivity contribution in [3.63, 3.8) is 0 Å². The van der Waals surface area contributed by atoms with E-state index in [1.165, 1.54) is 31.4 Å². The fourth-order valence-electron chi connectivity index (χ4n) is 2.31. The van der Waals surface area contributed by atoms with Gasteiger partial charge in [0.1, 0.15) is 5.82 Å². The minimum atomic E-state index is 0.666. The topological polar surface area (TPSA) is 54.2 Å². The maximum Gasteiger partial charge on any atom is 0.144 e. The molecular formula is C12H20N4. The molecule has 1 aromatic heterocycles. The van der Waals surface area contributed by atoms with Crippen LogP contribution in [0.15, 0.2) is 18.3 Å². The molecule has 0 aromatic carbocycles. The van der Waals surface area contributed by atoms with Gasteiger partial charge in [-0.15, -0.1) is 0 Å². The molecular weight excluding hydrogens is 200 g/mol. The molecule has 1 atom stereocenters. The number of aromatic nitrogens is 1. The first-order chi connectivity index (χ1) is 7.81. The molecule has 0 bridgehead atoms. The van der Waals surface area contributed by atoms with Crippen molar-refractivity contribution in [2.45, 2.75) is 38.8 Å². The summed E-state index contributed by atoms with van der Waals surface area (Å²) >= 11 is 0. The molecule has 0 radical (unpaired) electrons. The van der Waals surface area contributed by atoms with Crippen LogP contribution in [0, 0.1) is 0 Å². The third-order valence-electron chi connectivity index (χ3n) is 3.34. The van der Waals surface area contributed by atoms with Gasteiger partial charge in [-0.25, -0.2) is 10.8 Å². The Balaban J connectivity index is 2.07. The number of likely N-dealkylation sites (tertiary alicyclic amines) is 1. The lowest BCUT2D eigenvalue weighted by molar-refractivity contribution is 0.153. The molecule has 4 nitrogen and oxygen atoms in total. The molecule has 1 fully saturated rings. The van der Waals surface area contributed by atoms with E-state index in [1.54, 1.807) is 6.20 Å². The fourth-order valence-corrected chi connectivity index (χ4v) is 2.31. The van der Waals surface area contributed by atoms with Crippen molar-refractivity contribution in [3.05, 3.63) is 23.9 Å². The van der Waals surface area contributed by atoms with Gasteiger partial charge in [0.15, 0.2) is 0 Å². The minimum Gasteiger partial charge on any atom is -0.308 e. The molecule has 1 aliphatic heterocycles. The summed E-state index contributed by atoms with van der Waals surface area (Å²) in [5.74, 6) is 6.25. The van der Waals surface area contributed by atoms with Gasteiger partial charge in [-0.2, -0.15) is 0 Å². The van der Waals surface area contributed by atoms with E-state index < -0.39 is 0 Å². The van der Waals surface area contributed by atoms with Crippen LogP contribution < -0.4 is 11.3 Å². The van der Waals surface area contributed by atoms with Crippen molar-refractivity contribution < 1.29 is 0 Å². The van der Waals surface area contributed by atoms with Gasteiger partial charge >= 0.3 is 0 Å². The molecule has 0 aliphatic carbocycles. The third kappa shape index (κ3) is 2.51. The lowest BCUT2D eigenvalue weighted by Crippen LogP contribution is -2.37. The molecule has 0 amide bonds. The Morgan fingerprint density at radius 1 is 1.56 bits per heavy atom. The van der Waals surface area contributed by atoms with Gasteiger partial charge in [0.25, 0.3) is 0 Å². The van der Waals surface area contributed by atoms with Crippen LogP contribution in [0.3, 0.4) is 0 Å². The molecule has 2 rings (SSSR count). The van der Waals surface area contributed by atoms with Gasteiger partial charge in [0, 0.05) is 24.3 Å². The van der Waals surface area contributed by atoms with Crippen LogP contribution in [0.2, 0.25) is 0 Å². The molecule has 0 saturated carbocycles. The minimum absolute atomic E-state index is 0.666. The van der Waals surface area contributed by atoms with E-state index in [9.17, 15) is 0 Å². The summed E-state index contributed by atoms with van der Waals surface area (Å²) in [5, 5.41) is 0. The van der Waals surface area contributed by atoms with E-state index in [-0.39, 0.29) is 0 Å². The predicted octanol–water partition coefficient (Wildman–Crippen LogP) is 1.74. The van der Waals surface area contributed by atoms with Crippen molar-refractivity contribution in [1.29, 1.82) is 0 Å². The highest BCUT2D eigenvalue weighted by Crippen LogP contribution is 2.21. The zero-order valence-electron chi connectivity index (χ0n) is 9.82. The maximum atomic E-state index is 5.46. The van der Waals surface area contributed by atoms with E-state index in [4.69, 9.17) is 5.84 Å². The molecule has 88 valence electrons. The van der Waals surface area contributed by atoms with Crippen LogP contribution in [0.4, 0.5) is 5.82 Å². The average molecular weight is 220 g/mol. The van der Waals surface area contributed by atoms with Crippen molar-refractivity contribution in [3.8, 4) is 0 Å². The highest BCUT2D eigenvalue weighted by Gasteiger charge is 2.19. The average Bonchev–Trinajstić information content (AvgIpc) is 2.33. The standard InChI is InChI=1S/C12H20N4/c1-10-5-2-3-8-16(10)9-11-6-4-7-14-12(11)15-13/h4,6-7,10H,2-3,5,8-9,13H2,1H3,(H,14,15). The highest BCUT2D eigenvalue weighted by molar-refractivity contribution is 5.42. The Bertz CT molecular complexity index is 340. The summed E-state index contributed by atoms with van der Waals surface area (Å²) < 4.78 is 0. The van der Waals surface area contributed by atoms with Gasteiger partial charge in [-0.3, -0.25) is 4.90 Å². The number of hydrogen-bond acceptors (Lipinski definition) is 4. The lowest BCUT2D eigenvalue weighted by atomic mass is 10.0. The highest BCUT2D eigenvalue weighted by atomic mass is 15.3. The Kier molecular flexibility index (Phi) is 3.74. The van der Waals surface area contributed by atoms with Crippen LogP contribution in [0.1, 0.15) is 31.7 Å². The Labute approximate surface area is 96.8 Å². The second-order valence-corrected chi connectivity index (χ2v) is 4.47. The van der Waals surface area contributed by atoms with Gasteiger partial charge in [0.05, 0.1) is 0 Å². The molecule has 1 aromatic rings. The number of hydrazine groups is 1. The van der Waals surface area contributed by atoms with E-state index in [0.717, 1.165) is 12.4 Å². The number of piperidine rings is 1. The number of nitrogens with zero attached hydrogens (tertiary/aromatic N) is 2. The number of nitrogen functional groups attached to an aromatic ring is 1. The molecule has 3 N–H and O–H groups in total. The lowest BCUT2D eigenvalue weighted by Gasteiger charge is -2.33. The van der Waals surface area contributed by atoms with E-state index in [2.05, 4.69) is 28.3 Å². The summed E-state index contributed by atoms with van der Waals surface area (Å²) in [7, 11) is 0. The number of nitrogens with two attached hydrogens (primary N) is 1. The second-order valence-electron chi connectivity index (χ2n) is 4.47. The van der Waals surface area contributed by atoms with E-state index in [0.29, 0.717) is 6.04 Å². The van der Waals surface area contributed by atoms with E-state index >= 15 is 0 Å². The SMILES string of the molecule is CC1CCCCN1Cc1cccnc1NN. The number of nitrogens with one attached hydrogen (secondary N) is 1. The van der Waals surface area contributed by atoms with Crippen LogP contribution >= 0.6 is 0 Å². The van der Waals surface area contributed by atoms with Crippen molar-refractivity contribution >= 4 is 5.82 Å². The van der Waals surface area contributed by atoms with Gasteiger partial charge in [0.2, 0.25) is 0 Å². The monoisotopic (exact) mass is 220 g/mol. The molecule has 4 heteroatoms. The van der Waals surface area contributed by atoms with Gasteiger partial charge < -0.3 is 5.43 Å². The van der Waals surface area contributed by atoms with Crippen LogP contribution in [0.5, 0.6) is 0 Å². The van der Waals surface area contributed by atoms with Crippen LogP contribution in [-0.2, 0) is 6.54 Å². The summed E-state index contributed by atoms with van der Waals surface area (Å²) in [6, 6.07) is 4.72. The zero-order valence-corrected chi connectivity index (χ0v) is 9.82. The molecule has 2 heterocycles. The Hall–Kier alpha value is -1.13. The summed E-state index contributed by atoms with van der Waals surface area (Å²) in [6.07, 6.45) is 5.71. The maximum absolute atomic E-state index is 5.46. The molecule has 1 unspecified atom stereocenters. The van der Waals surface area contributed by atoms with Crippen LogP contribution in [-0.4, -0.2) is 22.5 Å². The summed E-state index contributed by atoms with van der Waals surface area (Å²) in [6.45, 7) is 4.42. The third-order valence-corrected chi connectivity index (χ3v) is 3.34. The van der Waals surface area contributed by atoms with Crippen molar-refractivity contribution in [2.24, 2.45) is 5.84 Å². The van der Waals surface area contributed by atoms with Gasteiger partial charge in [-0.05, 0) is 32.4 Å². The van der Waals surface area contributed by atoms with E-state index in [1.807, 2.05) is 6.07 Å². The number of anilines is 1. The molecule has 16 heavy (non-hydrogen) atoms.